The molecule has 2 aromatic heterocycles. The number of nitrogens with one attached hydrogen (secondary N) is 2. The maximum Gasteiger partial charge on any atom is 0.257 e. The van der Waals surface area contributed by atoms with Crippen LogP contribution in [0.2, 0.25) is 0 Å². The average Bonchev–Trinajstić information content (AvgIpc) is 3.57. The summed E-state index contributed by atoms with van der Waals surface area (Å²) < 4.78 is 26.1. The Morgan fingerprint density at radius 3 is 2.91 bits per heavy atom. The van der Waals surface area contributed by atoms with Gasteiger partial charge in [-0.25, -0.2) is 9.37 Å². The Morgan fingerprint density at radius 2 is 2.15 bits per heavy atom. The second kappa shape index (κ2) is 9.31. The Hall–Kier alpha value is -3.64. The van der Waals surface area contributed by atoms with Crippen molar-refractivity contribution in [2.45, 2.75) is 31.6 Å². The highest BCUT2D eigenvalue weighted by atomic mass is 19.1. The molecule has 8 nitrogen and oxygen atoms in total. The highest BCUT2D eigenvalue weighted by Gasteiger charge is 2.28. The molecule has 9 heteroatoms. The lowest BCUT2D eigenvalue weighted by Crippen LogP contribution is -2.36. The summed E-state index contributed by atoms with van der Waals surface area (Å²) in [5.74, 6) is 0.227. The number of nitriles is 1. The van der Waals surface area contributed by atoms with Crippen LogP contribution < -0.4 is 10.1 Å². The number of carbonyl (C=O) groups excluding carboxylic acids is 1. The predicted molar refractivity (Wildman–Crippen MR) is 125 cm³/mol. The topological polar surface area (TPSA) is 103 Å². The van der Waals surface area contributed by atoms with Gasteiger partial charge in [0.1, 0.15) is 29.1 Å². The molecule has 0 radical (unpaired) electrons. The van der Waals surface area contributed by atoms with E-state index >= 15 is 4.39 Å². The number of hydrogen-bond donors (Lipinski definition) is 2. The molecule has 1 aliphatic heterocycles. The fourth-order valence-electron chi connectivity index (χ4n) is 4.42. The first kappa shape index (κ1) is 22.2. The average molecular weight is 464 g/mol. The number of amides is 1. The van der Waals surface area contributed by atoms with Gasteiger partial charge in [0.2, 0.25) is 0 Å². The van der Waals surface area contributed by atoms with Crippen LogP contribution in [0.3, 0.4) is 0 Å². The van der Waals surface area contributed by atoms with Gasteiger partial charge >= 0.3 is 0 Å². The van der Waals surface area contributed by atoms with Crippen molar-refractivity contribution in [3.05, 3.63) is 46.9 Å². The monoisotopic (exact) mass is 463 g/mol. The minimum absolute atomic E-state index is 0.0342. The van der Waals surface area contributed by atoms with E-state index in [1.54, 1.807) is 11.1 Å². The number of carbonyl (C=O) groups is 1. The molecule has 0 unspecified atom stereocenters. The van der Waals surface area contributed by atoms with Crippen molar-refractivity contribution in [1.29, 1.82) is 5.26 Å². The summed E-state index contributed by atoms with van der Waals surface area (Å²) in [7, 11) is 1.48. The van der Waals surface area contributed by atoms with Crippen molar-refractivity contribution in [2.24, 2.45) is 0 Å². The van der Waals surface area contributed by atoms with E-state index in [4.69, 9.17) is 9.47 Å². The summed E-state index contributed by atoms with van der Waals surface area (Å²) in [6, 6.07) is 6.82. The normalized spacial score (nSPS) is 16.6. The second-order valence-corrected chi connectivity index (χ2v) is 8.68. The minimum Gasteiger partial charge on any atom is -0.495 e. The van der Waals surface area contributed by atoms with Gasteiger partial charge in [0.25, 0.3) is 5.91 Å². The molecular weight excluding hydrogens is 437 g/mol. The molecule has 2 fully saturated rings. The number of halogens is 1. The van der Waals surface area contributed by atoms with Crippen molar-refractivity contribution < 1.29 is 18.7 Å². The molecule has 3 aromatic rings. The second-order valence-electron chi connectivity index (χ2n) is 8.68. The lowest BCUT2D eigenvalue weighted by Gasteiger charge is -2.25. The van der Waals surface area contributed by atoms with Gasteiger partial charge in [0, 0.05) is 37.3 Å². The summed E-state index contributed by atoms with van der Waals surface area (Å²) in [5, 5.41) is 13.4. The molecule has 5 rings (SSSR count). The van der Waals surface area contributed by atoms with Crippen molar-refractivity contribution in [3.63, 3.8) is 0 Å². The maximum absolute atomic E-state index is 15.1. The third-order valence-corrected chi connectivity index (χ3v) is 6.35. The number of anilines is 2. The molecule has 0 spiro atoms. The van der Waals surface area contributed by atoms with Crippen LogP contribution in [0.5, 0.6) is 5.75 Å². The molecule has 1 saturated heterocycles. The molecule has 176 valence electrons. The first-order chi connectivity index (χ1) is 16.6. The third kappa shape index (κ3) is 4.29. The molecule has 1 aliphatic carbocycles. The van der Waals surface area contributed by atoms with Gasteiger partial charge in [0.15, 0.2) is 0 Å². The highest BCUT2D eigenvalue weighted by Crippen LogP contribution is 2.45. The molecule has 0 atom stereocenters. The Balaban J connectivity index is 1.46. The molecule has 1 aromatic carbocycles. The number of benzene rings is 1. The van der Waals surface area contributed by atoms with Crippen LogP contribution in [-0.4, -0.2) is 54.2 Å². The summed E-state index contributed by atoms with van der Waals surface area (Å²) >= 11 is 0. The van der Waals surface area contributed by atoms with E-state index in [9.17, 15) is 10.1 Å². The van der Waals surface area contributed by atoms with Crippen LogP contribution in [0.1, 0.15) is 53.1 Å². The van der Waals surface area contributed by atoms with Gasteiger partial charge in [0.05, 0.1) is 30.5 Å². The summed E-state index contributed by atoms with van der Waals surface area (Å²) in [4.78, 5) is 22.3. The van der Waals surface area contributed by atoms with E-state index in [0.717, 1.165) is 36.6 Å². The van der Waals surface area contributed by atoms with Crippen molar-refractivity contribution in [2.75, 3.05) is 38.7 Å². The molecule has 0 bridgehead atoms. The first-order valence-corrected chi connectivity index (χ1v) is 11.5. The Kier molecular flexibility index (Phi) is 6.07. The van der Waals surface area contributed by atoms with E-state index in [1.165, 1.54) is 19.2 Å². The van der Waals surface area contributed by atoms with Crippen LogP contribution in [0.15, 0.2) is 24.4 Å². The van der Waals surface area contributed by atoms with Crippen LogP contribution in [0.25, 0.3) is 11.0 Å². The van der Waals surface area contributed by atoms with Gasteiger partial charge in [-0.05, 0) is 49.3 Å². The molecule has 1 saturated carbocycles. The Bertz CT molecular complexity index is 1270. The van der Waals surface area contributed by atoms with Gasteiger partial charge in [-0.2, -0.15) is 5.26 Å². The van der Waals surface area contributed by atoms with E-state index in [0.29, 0.717) is 60.7 Å². The van der Waals surface area contributed by atoms with Gasteiger partial charge in [-0.15, -0.1) is 0 Å². The fourth-order valence-corrected chi connectivity index (χ4v) is 4.42. The van der Waals surface area contributed by atoms with E-state index in [1.807, 2.05) is 6.07 Å². The van der Waals surface area contributed by atoms with E-state index in [2.05, 4.69) is 21.4 Å². The summed E-state index contributed by atoms with van der Waals surface area (Å²) in [5.41, 5.74) is 2.56. The fraction of sp³-hybridized carbons (Fsp3) is 0.400. The largest absolute Gasteiger partial charge is 0.495 e. The number of ether oxygens (including phenoxy) is 2. The van der Waals surface area contributed by atoms with Crippen LogP contribution in [0, 0.1) is 17.1 Å². The minimum atomic E-state index is -0.633. The molecule has 2 aliphatic rings. The zero-order valence-electron chi connectivity index (χ0n) is 19.0. The standard InChI is InChI=1S/C25H26FN5O3/c1-33-21-10-18(25(32)31-6-2-3-8-34-9-7-31)19(26)12-20(21)29-22-11-17(15-4-5-15)23-16(13-27)14-28-24(23)30-22/h10-12,14-15H,2-9H2,1H3,(H2,28,29,30). The highest BCUT2D eigenvalue weighted by molar-refractivity contribution is 5.96. The number of aromatic nitrogens is 2. The number of fused-ring (bicyclic) bond motifs is 1. The lowest BCUT2D eigenvalue weighted by atomic mass is 10.1. The Labute approximate surface area is 196 Å². The molecule has 3 heterocycles. The number of aromatic amines is 1. The number of hydrogen-bond acceptors (Lipinski definition) is 6. The summed E-state index contributed by atoms with van der Waals surface area (Å²) in [6.07, 6.45) is 5.46. The van der Waals surface area contributed by atoms with Gasteiger partial charge < -0.3 is 24.7 Å². The van der Waals surface area contributed by atoms with Crippen molar-refractivity contribution in [3.8, 4) is 11.8 Å². The summed E-state index contributed by atoms with van der Waals surface area (Å²) in [6.45, 7) is 2.12. The number of nitrogens with zero attached hydrogens (tertiary/aromatic N) is 3. The van der Waals surface area contributed by atoms with Crippen LogP contribution >= 0.6 is 0 Å². The number of H-pyrrole nitrogens is 1. The molecule has 34 heavy (non-hydrogen) atoms. The van der Waals surface area contributed by atoms with Crippen molar-refractivity contribution >= 4 is 28.4 Å². The smallest absolute Gasteiger partial charge is 0.257 e. The Morgan fingerprint density at radius 1 is 1.29 bits per heavy atom. The zero-order chi connectivity index (χ0) is 23.7. The number of pyridine rings is 1. The SMILES string of the molecule is COc1cc(C(=O)N2CCCCOCC2)c(F)cc1Nc1cc(C2CC2)c2c(C#N)c[nH]c2n1. The quantitative estimate of drug-likeness (QED) is 0.579. The van der Waals surface area contributed by atoms with Crippen LogP contribution in [0.4, 0.5) is 15.9 Å². The van der Waals surface area contributed by atoms with E-state index in [-0.39, 0.29) is 11.5 Å². The first-order valence-electron chi connectivity index (χ1n) is 11.5. The number of rotatable bonds is 5. The third-order valence-electron chi connectivity index (χ3n) is 6.35. The van der Waals surface area contributed by atoms with E-state index < -0.39 is 5.82 Å². The molecule has 2 N–H and O–H groups in total. The zero-order valence-corrected chi connectivity index (χ0v) is 19.0. The van der Waals surface area contributed by atoms with Gasteiger partial charge in [-0.3, -0.25) is 4.79 Å². The van der Waals surface area contributed by atoms with Crippen molar-refractivity contribution in [1.82, 2.24) is 14.9 Å². The molecule has 1 amide bonds. The number of methoxy groups -OCH3 is 1. The maximum atomic E-state index is 15.1. The van der Waals surface area contributed by atoms with Crippen LogP contribution in [-0.2, 0) is 4.74 Å². The lowest BCUT2D eigenvalue weighted by molar-refractivity contribution is 0.0549. The predicted octanol–water partition coefficient (Wildman–Crippen LogP) is 4.46. The van der Waals surface area contributed by atoms with Gasteiger partial charge in [-0.1, -0.05) is 0 Å². The molecular formula is C25H26FN5O3.